The summed E-state index contributed by atoms with van der Waals surface area (Å²) < 4.78 is 6.35. The third-order valence-corrected chi connectivity index (χ3v) is 5.11. The summed E-state index contributed by atoms with van der Waals surface area (Å²) in [6.07, 6.45) is 4.63. The Kier molecular flexibility index (Phi) is 5.05. The van der Waals surface area contributed by atoms with Crippen molar-refractivity contribution in [3.05, 3.63) is 64.0 Å². The fraction of sp³-hybridized carbons (Fsp3) is 0.250. The zero-order valence-electron chi connectivity index (χ0n) is 15.0. The third kappa shape index (κ3) is 3.94. The Morgan fingerprint density at radius 3 is 2.78 bits per heavy atom. The summed E-state index contributed by atoms with van der Waals surface area (Å²) in [5.41, 5.74) is 10.8. The minimum Gasteiger partial charge on any atom is -0.481 e. The summed E-state index contributed by atoms with van der Waals surface area (Å²) in [5, 5.41) is 0. The van der Waals surface area contributed by atoms with Crippen LogP contribution < -0.4 is 10.5 Å². The minimum absolute atomic E-state index is 0.661. The van der Waals surface area contributed by atoms with Gasteiger partial charge in [0.05, 0.1) is 12.8 Å². The van der Waals surface area contributed by atoms with Crippen LogP contribution in [0.1, 0.15) is 16.8 Å². The Hall–Kier alpha value is -2.51. The lowest BCUT2D eigenvalue weighted by molar-refractivity contribution is 0.236. The van der Waals surface area contributed by atoms with Gasteiger partial charge in [-0.2, -0.15) is 0 Å². The van der Waals surface area contributed by atoms with Crippen molar-refractivity contribution in [2.45, 2.75) is 19.5 Å². The molecular formula is C20H20BrN5O. The second-order valence-corrected chi connectivity index (χ2v) is 7.49. The number of methoxy groups -OCH3 is 1. The van der Waals surface area contributed by atoms with Crippen LogP contribution >= 0.6 is 15.9 Å². The fourth-order valence-electron chi connectivity index (χ4n) is 3.27. The normalized spacial score (nSPS) is 14.0. The van der Waals surface area contributed by atoms with Crippen molar-refractivity contribution in [1.29, 1.82) is 0 Å². The number of hydrogen-bond acceptors (Lipinski definition) is 6. The van der Waals surface area contributed by atoms with Crippen molar-refractivity contribution in [2.24, 2.45) is 0 Å². The molecule has 0 saturated carbocycles. The number of anilines is 1. The Labute approximate surface area is 166 Å². The molecule has 6 nitrogen and oxygen atoms in total. The molecule has 0 radical (unpaired) electrons. The molecule has 1 aliphatic rings. The van der Waals surface area contributed by atoms with E-state index < -0.39 is 0 Å². The molecule has 7 heteroatoms. The molecule has 0 spiro atoms. The standard InChI is InChI=1S/C20H20BrN5O/c1-27-20-15(8-16(21)10-24-20)11-26-7-6-14-9-23-19(25-18(14)12-26)13-2-4-17(22)5-3-13/h2-5,8-10H,6-7,11-12,22H2,1H3. The van der Waals surface area contributed by atoms with Crippen LogP contribution in [-0.4, -0.2) is 33.5 Å². The predicted octanol–water partition coefficient (Wildman–Crippen LogP) is 3.45. The Morgan fingerprint density at radius 2 is 2.00 bits per heavy atom. The van der Waals surface area contributed by atoms with Crippen molar-refractivity contribution in [3.8, 4) is 17.3 Å². The molecular weight excluding hydrogens is 406 g/mol. The van der Waals surface area contributed by atoms with Gasteiger partial charge in [0, 0.05) is 53.3 Å². The van der Waals surface area contributed by atoms with Crippen molar-refractivity contribution >= 4 is 21.6 Å². The van der Waals surface area contributed by atoms with Gasteiger partial charge in [-0.3, -0.25) is 4.90 Å². The van der Waals surface area contributed by atoms with Crippen LogP contribution in [0.5, 0.6) is 5.88 Å². The lowest BCUT2D eigenvalue weighted by atomic mass is 10.1. The monoisotopic (exact) mass is 425 g/mol. The van der Waals surface area contributed by atoms with Crippen molar-refractivity contribution in [2.75, 3.05) is 19.4 Å². The zero-order valence-corrected chi connectivity index (χ0v) is 16.6. The molecule has 3 heterocycles. The van der Waals surface area contributed by atoms with E-state index in [-0.39, 0.29) is 0 Å². The molecule has 0 fully saturated rings. The van der Waals surface area contributed by atoms with Crippen molar-refractivity contribution in [3.63, 3.8) is 0 Å². The molecule has 1 aliphatic heterocycles. The van der Waals surface area contributed by atoms with Gasteiger partial charge >= 0.3 is 0 Å². The number of hydrogen-bond donors (Lipinski definition) is 1. The largest absolute Gasteiger partial charge is 0.481 e. The van der Waals surface area contributed by atoms with E-state index in [2.05, 4.69) is 36.9 Å². The highest BCUT2D eigenvalue weighted by atomic mass is 79.9. The van der Waals surface area contributed by atoms with Gasteiger partial charge in [-0.1, -0.05) is 0 Å². The van der Waals surface area contributed by atoms with Crippen molar-refractivity contribution < 1.29 is 4.74 Å². The first-order valence-electron chi connectivity index (χ1n) is 8.74. The molecule has 4 rings (SSSR count). The second-order valence-electron chi connectivity index (χ2n) is 6.57. The first kappa shape index (κ1) is 17.9. The van der Waals surface area contributed by atoms with Gasteiger partial charge in [0.25, 0.3) is 0 Å². The smallest absolute Gasteiger partial charge is 0.217 e. The van der Waals surface area contributed by atoms with Gasteiger partial charge in [0.2, 0.25) is 5.88 Å². The van der Waals surface area contributed by atoms with Crippen LogP contribution in [0, 0.1) is 0 Å². The molecule has 0 bridgehead atoms. The van der Waals surface area contributed by atoms with Gasteiger partial charge in [-0.25, -0.2) is 15.0 Å². The van der Waals surface area contributed by atoms with Gasteiger partial charge in [0.1, 0.15) is 0 Å². The number of nitrogens with zero attached hydrogens (tertiary/aromatic N) is 4. The average Bonchev–Trinajstić information content (AvgIpc) is 2.68. The highest BCUT2D eigenvalue weighted by Crippen LogP contribution is 2.26. The molecule has 2 aromatic heterocycles. The summed E-state index contributed by atoms with van der Waals surface area (Å²) >= 11 is 3.49. The maximum absolute atomic E-state index is 5.78. The van der Waals surface area contributed by atoms with Gasteiger partial charge in [-0.05, 0) is 58.2 Å². The molecule has 27 heavy (non-hydrogen) atoms. The minimum atomic E-state index is 0.661. The SMILES string of the molecule is COc1ncc(Br)cc1CN1CCc2cnc(-c3ccc(N)cc3)nc2C1. The van der Waals surface area contributed by atoms with Crippen molar-refractivity contribution in [1.82, 2.24) is 19.9 Å². The molecule has 138 valence electrons. The number of pyridine rings is 1. The fourth-order valence-corrected chi connectivity index (χ4v) is 3.65. The second kappa shape index (κ2) is 7.62. The maximum Gasteiger partial charge on any atom is 0.217 e. The molecule has 1 aromatic carbocycles. The first-order chi connectivity index (χ1) is 13.1. The number of benzene rings is 1. The predicted molar refractivity (Wildman–Crippen MR) is 108 cm³/mol. The number of halogens is 1. The van der Waals surface area contributed by atoms with E-state index in [1.807, 2.05) is 30.5 Å². The van der Waals surface area contributed by atoms with Crippen LogP contribution in [-0.2, 0) is 19.5 Å². The number of fused-ring (bicyclic) bond motifs is 1. The Morgan fingerprint density at radius 1 is 1.19 bits per heavy atom. The van der Waals surface area contributed by atoms with Gasteiger partial charge in [-0.15, -0.1) is 0 Å². The zero-order chi connectivity index (χ0) is 18.8. The summed E-state index contributed by atoms with van der Waals surface area (Å²) in [6, 6.07) is 9.71. The van der Waals surface area contributed by atoms with Crippen LogP contribution in [0.3, 0.4) is 0 Å². The lowest BCUT2D eigenvalue weighted by Crippen LogP contribution is -2.31. The van der Waals surface area contributed by atoms with E-state index in [1.165, 1.54) is 5.56 Å². The number of nitrogens with two attached hydrogens (primary N) is 1. The topological polar surface area (TPSA) is 77.2 Å². The molecule has 3 aromatic rings. The number of rotatable bonds is 4. The molecule has 2 N–H and O–H groups in total. The van der Waals surface area contributed by atoms with Crippen LogP contribution in [0.4, 0.5) is 5.69 Å². The average molecular weight is 426 g/mol. The van der Waals surface area contributed by atoms with E-state index in [4.69, 9.17) is 15.5 Å². The number of ether oxygens (including phenoxy) is 1. The first-order valence-corrected chi connectivity index (χ1v) is 9.53. The van der Waals surface area contributed by atoms with E-state index in [9.17, 15) is 0 Å². The molecule has 0 saturated heterocycles. The quantitative estimate of drug-likeness (QED) is 0.644. The third-order valence-electron chi connectivity index (χ3n) is 4.67. The summed E-state index contributed by atoms with van der Waals surface area (Å²) in [6.45, 7) is 2.49. The molecule has 0 amide bonds. The van der Waals surface area contributed by atoms with E-state index >= 15 is 0 Å². The lowest BCUT2D eigenvalue weighted by Gasteiger charge is -2.28. The van der Waals surface area contributed by atoms with Gasteiger partial charge in [0.15, 0.2) is 5.82 Å². The van der Waals surface area contributed by atoms with E-state index in [0.717, 1.165) is 58.9 Å². The van der Waals surface area contributed by atoms with Crippen LogP contribution in [0.25, 0.3) is 11.4 Å². The van der Waals surface area contributed by atoms with Crippen LogP contribution in [0.2, 0.25) is 0 Å². The number of nitrogen functional groups attached to an aromatic ring is 1. The molecule has 0 aliphatic carbocycles. The molecule has 0 atom stereocenters. The highest BCUT2D eigenvalue weighted by molar-refractivity contribution is 9.10. The Bertz CT molecular complexity index is 961. The summed E-state index contributed by atoms with van der Waals surface area (Å²) in [7, 11) is 1.65. The highest BCUT2D eigenvalue weighted by Gasteiger charge is 2.20. The van der Waals surface area contributed by atoms with Gasteiger partial charge < -0.3 is 10.5 Å². The molecule has 0 unspecified atom stereocenters. The summed E-state index contributed by atoms with van der Waals surface area (Å²) in [5.74, 6) is 1.39. The Balaban J connectivity index is 1.56. The van der Waals surface area contributed by atoms with E-state index in [1.54, 1.807) is 13.3 Å². The summed E-state index contributed by atoms with van der Waals surface area (Å²) in [4.78, 5) is 16.0. The maximum atomic E-state index is 5.78. The number of aromatic nitrogens is 3. The van der Waals surface area contributed by atoms with E-state index in [0.29, 0.717) is 5.88 Å². The van der Waals surface area contributed by atoms with Crippen LogP contribution in [0.15, 0.2) is 47.2 Å².